The van der Waals surface area contributed by atoms with E-state index in [1.165, 1.54) is 12.7 Å². The zero-order valence-corrected chi connectivity index (χ0v) is 15.1. The van der Waals surface area contributed by atoms with E-state index in [4.69, 9.17) is 4.74 Å². The number of benzene rings is 1. The predicted octanol–water partition coefficient (Wildman–Crippen LogP) is 2.46. The highest BCUT2D eigenvalue weighted by Gasteiger charge is 2.80. The van der Waals surface area contributed by atoms with Crippen molar-refractivity contribution in [1.29, 1.82) is 0 Å². The molecule has 3 heterocycles. The van der Waals surface area contributed by atoms with Crippen molar-refractivity contribution in [1.82, 2.24) is 4.90 Å². The predicted molar refractivity (Wildman–Crippen MR) is 95.6 cm³/mol. The first-order chi connectivity index (χ1) is 12.6. The van der Waals surface area contributed by atoms with E-state index in [1.54, 1.807) is 0 Å². The first kappa shape index (κ1) is 15.1. The molecule has 7 rings (SSSR count). The zero-order chi connectivity index (χ0) is 17.7. The second kappa shape index (κ2) is 4.44. The molecule has 1 amide bonds. The van der Waals surface area contributed by atoms with Crippen LogP contribution in [0.3, 0.4) is 0 Å². The molecule has 0 aromatic heterocycles. The number of nitrogens with zero attached hydrogens (tertiary/aromatic N) is 1. The third-order valence-electron chi connectivity index (χ3n) is 8.45. The van der Waals surface area contributed by atoms with Crippen molar-refractivity contribution >= 4 is 17.6 Å². The molecule has 5 atom stereocenters. The van der Waals surface area contributed by atoms with E-state index in [0.29, 0.717) is 6.42 Å². The van der Waals surface area contributed by atoms with Gasteiger partial charge in [0.2, 0.25) is 5.91 Å². The first-order valence-corrected chi connectivity index (χ1v) is 9.83. The number of amides is 1. The lowest BCUT2D eigenvalue weighted by Crippen LogP contribution is -2.76. The molecular weight excluding hydrogens is 328 g/mol. The minimum absolute atomic E-state index is 0.0597. The number of methoxy groups -OCH3 is 1. The first-order valence-electron chi connectivity index (χ1n) is 9.83. The standard InChI is InChI=1S/C21H24N2O3/c1-26-17(25)14-11-19-7-4-10-23-16(24)12-20(18(19)23)13-5-2-3-6-15(13)22-21(14,20)9-8-19/h2-3,5-6,14,18,22H,4,7-12H2,1H3/t14-,18+,19-,20+,21-/m1/s1. The van der Waals surface area contributed by atoms with Gasteiger partial charge in [0, 0.05) is 24.7 Å². The topological polar surface area (TPSA) is 58.6 Å². The number of nitrogens with one attached hydrogen (secondary N) is 1. The smallest absolute Gasteiger partial charge is 0.311 e. The molecule has 0 unspecified atom stereocenters. The molecule has 3 saturated carbocycles. The molecule has 5 nitrogen and oxygen atoms in total. The maximum Gasteiger partial charge on any atom is 0.311 e. The molecule has 5 fully saturated rings. The fourth-order valence-electron chi connectivity index (χ4n) is 7.80. The Balaban J connectivity index is 1.67. The molecule has 26 heavy (non-hydrogen) atoms. The summed E-state index contributed by atoms with van der Waals surface area (Å²) in [4.78, 5) is 28.2. The Labute approximate surface area is 153 Å². The van der Waals surface area contributed by atoms with Gasteiger partial charge in [-0.2, -0.15) is 0 Å². The number of carbonyl (C=O) groups excluding carboxylic acids is 2. The summed E-state index contributed by atoms with van der Waals surface area (Å²) in [6, 6.07) is 8.64. The summed E-state index contributed by atoms with van der Waals surface area (Å²) < 4.78 is 5.27. The molecule has 3 spiro atoms. The lowest BCUT2D eigenvalue weighted by molar-refractivity contribution is -0.172. The number of esters is 1. The molecule has 2 bridgehead atoms. The van der Waals surface area contributed by atoms with Gasteiger partial charge in [-0.3, -0.25) is 9.59 Å². The highest BCUT2D eigenvalue weighted by atomic mass is 16.5. The average molecular weight is 352 g/mol. The summed E-state index contributed by atoms with van der Waals surface area (Å²) in [5.74, 6) is -0.0243. The van der Waals surface area contributed by atoms with Gasteiger partial charge in [0.1, 0.15) is 0 Å². The SMILES string of the molecule is COC(=O)[C@H]1C[C@@]23CCCN4C(=O)C[C@]5(c6ccccc6N[C@]15CC2)[C@@H]43. The van der Waals surface area contributed by atoms with Crippen molar-refractivity contribution < 1.29 is 14.3 Å². The number of hydrogen-bond donors (Lipinski definition) is 1. The van der Waals surface area contributed by atoms with Crippen LogP contribution in [-0.4, -0.2) is 42.0 Å². The molecular formula is C21H24N2O3. The molecule has 3 aliphatic carbocycles. The maximum absolute atomic E-state index is 13.1. The van der Waals surface area contributed by atoms with Gasteiger partial charge in [0.05, 0.1) is 24.0 Å². The fourth-order valence-corrected chi connectivity index (χ4v) is 7.80. The Morgan fingerprint density at radius 2 is 2.12 bits per heavy atom. The van der Waals surface area contributed by atoms with E-state index in [1.807, 2.05) is 6.07 Å². The fraction of sp³-hybridized carbons (Fsp3) is 0.619. The van der Waals surface area contributed by atoms with Gasteiger partial charge >= 0.3 is 5.97 Å². The number of para-hydroxylation sites is 1. The molecule has 6 aliphatic rings. The van der Waals surface area contributed by atoms with Crippen molar-refractivity contribution in [3.63, 3.8) is 0 Å². The Morgan fingerprint density at radius 3 is 2.96 bits per heavy atom. The van der Waals surface area contributed by atoms with Crippen molar-refractivity contribution in [2.75, 3.05) is 19.0 Å². The number of piperidine rings is 1. The van der Waals surface area contributed by atoms with Crippen LogP contribution in [0.4, 0.5) is 5.69 Å². The molecule has 3 aliphatic heterocycles. The van der Waals surface area contributed by atoms with E-state index in [-0.39, 0.29) is 34.7 Å². The molecule has 136 valence electrons. The average Bonchev–Trinajstić information content (AvgIpc) is 3.14. The third-order valence-corrected chi connectivity index (χ3v) is 8.45. The van der Waals surface area contributed by atoms with Gasteiger partial charge in [0.25, 0.3) is 0 Å². The largest absolute Gasteiger partial charge is 0.469 e. The van der Waals surface area contributed by atoms with Gasteiger partial charge in [-0.25, -0.2) is 0 Å². The quantitative estimate of drug-likeness (QED) is 0.789. The maximum atomic E-state index is 13.1. The minimum atomic E-state index is -0.391. The molecule has 1 aromatic carbocycles. The van der Waals surface area contributed by atoms with Crippen LogP contribution in [0, 0.1) is 11.3 Å². The summed E-state index contributed by atoms with van der Waals surface area (Å²) in [5.41, 5.74) is 1.73. The van der Waals surface area contributed by atoms with Crippen LogP contribution < -0.4 is 5.32 Å². The normalized spacial score (nSPS) is 44.2. The van der Waals surface area contributed by atoms with Gasteiger partial charge in [-0.15, -0.1) is 0 Å². The van der Waals surface area contributed by atoms with Crippen molar-refractivity contribution in [2.45, 2.75) is 55.5 Å². The number of hydrogen-bond acceptors (Lipinski definition) is 4. The zero-order valence-electron chi connectivity index (χ0n) is 15.1. The van der Waals surface area contributed by atoms with Crippen LogP contribution in [0.15, 0.2) is 24.3 Å². The van der Waals surface area contributed by atoms with Crippen molar-refractivity contribution in [3.8, 4) is 0 Å². The van der Waals surface area contributed by atoms with E-state index in [0.717, 1.165) is 44.3 Å². The molecule has 0 radical (unpaired) electrons. The van der Waals surface area contributed by atoms with E-state index in [2.05, 4.69) is 28.4 Å². The van der Waals surface area contributed by atoms with Crippen LogP contribution in [-0.2, 0) is 19.7 Å². The molecule has 2 saturated heterocycles. The van der Waals surface area contributed by atoms with Crippen LogP contribution >= 0.6 is 0 Å². The number of fused-ring (bicyclic) bond motifs is 3. The van der Waals surface area contributed by atoms with Crippen molar-refractivity contribution in [3.05, 3.63) is 29.8 Å². The van der Waals surface area contributed by atoms with Gasteiger partial charge in [0.15, 0.2) is 0 Å². The summed E-state index contributed by atoms with van der Waals surface area (Å²) in [7, 11) is 1.50. The van der Waals surface area contributed by atoms with Gasteiger partial charge in [-0.05, 0) is 49.1 Å². The third kappa shape index (κ3) is 1.34. The molecule has 1 aromatic rings. The Kier molecular flexibility index (Phi) is 2.57. The highest BCUT2D eigenvalue weighted by molar-refractivity contribution is 5.89. The second-order valence-electron chi connectivity index (χ2n) is 9.03. The Morgan fingerprint density at radius 1 is 1.27 bits per heavy atom. The second-order valence-corrected chi connectivity index (χ2v) is 9.03. The van der Waals surface area contributed by atoms with Gasteiger partial charge < -0.3 is 15.0 Å². The number of carbonyl (C=O) groups is 2. The van der Waals surface area contributed by atoms with Crippen LogP contribution in [0.25, 0.3) is 0 Å². The molecule has 1 N–H and O–H groups in total. The summed E-state index contributed by atoms with van der Waals surface area (Å²) in [6.07, 6.45) is 5.58. The van der Waals surface area contributed by atoms with Crippen molar-refractivity contribution in [2.24, 2.45) is 11.3 Å². The van der Waals surface area contributed by atoms with E-state index < -0.39 is 5.54 Å². The highest BCUT2D eigenvalue weighted by Crippen LogP contribution is 2.74. The monoisotopic (exact) mass is 352 g/mol. The van der Waals surface area contributed by atoms with Crippen LogP contribution in [0.2, 0.25) is 0 Å². The van der Waals surface area contributed by atoms with Crippen LogP contribution in [0.5, 0.6) is 0 Å². The van der Waals surface area contributed by atoms with Gasteiger partial charge in [-0.1, -0.05) is 18.2 Å². The molecule has 5 heteroatoms. The Bertz CT molecular complexity index is 853. The Hall–Kier alpha value is -2.04. The lowest BCUT2D eigenvalue weighted by atomic mass is 9.39. The lowest BCUT2D eigenvalue weighted by Gasteiger charge is -2.68. The van der Waals surface area contributed by atoms with E-state index >= 15 is 0 Å². The minimum Gasteiger partial charge on any atom is -0.469 e. The summed E-state index contributed by atoms with van der Waals surface area (Å²) in [5, 5.41) is 3.79. The number of anilines is 1. The summed E-state index contributed by atoms with van der Waals surface area (Å²) in [6.45, 7) is 0.869. The van der Waals surface area contributed by atoms with Crippen LogP contribution in [0.1, 0.15) is 44.1 Å². The number of ether oxygens (including phenoxy) is 1. The van der Waals surface area contributed by atoms with E-state index in [9.17, 15) is 9.59 Å². The summed E-state index contributed by atoms with van der Waals surface area (Å²) >= 11 is 0. The number of rotatable bonds is 1.